The van der Waals surface area contributed by atoms with E-state index in [1.807, 2.05) is 0 Å². The smallest absolute Gasteiger partial charge is 0.247 e. The summed E-state index contributed by atoms with van der Waals surface area (Å²) in [4.78, 5) is 0.207. The van der Waals surface area contributed by atoms with E-state index < -0.39 is 9.84 Å². The molecule has 2 rings (SSSR count). The molecule has 5 nitrogen and oxygen atoms in total. The van der Waals surface area contributed by atoms with Crippen LogP contribution < -0.4 is 0 Å². The van der Waals surface area contributed by atoms with E-state index in [0.29, 0.717) is 11.5 Å². The molecule has 18 heavy (non-hydrogen) atoms. The molecule has 0 fully saturated rings. The molecule has 96 valence electrons. The minimum atomic E-state index is -3.26. The monoisotopic (exact) mass is 286 g/mol. The third-order valence-electron chi connectivity index (χ3n) is 2.29. The molecule has 1 atom stereocenters. The van der Waals surface area contributed by atoms with Crippen molar-refractivity contribution in [3.05, 3.63) is 30.2 Å². The van der Waals surface area contributed by atoms with Crippen LogP contribution in [0.3, 0.4) is 0 Å². The lowest BCUT2D eigenvalue weighted by atomic mass is 10.2. The highest BCUT2D eigenvalue weighted by molar-refractivity contribution is 7.90. The third kappa shape index (κ3) is 2.70. The summed E-state index contributed by atoms with van der Waals surface area (Å²) in [5.74, 6) is 0.555. The summed E-state index contributed by atoms with van der Waals surface area (Å²) in [6, 6.07) is 6.33. The molecule has 0 N–H and O–H groups in total. The first-order chi connectivity index (χ1) is 8.38. The van der Waals surface area contributed by atoms with Crippen molar-refractivity contribution in [1.29, 1.82) is 0 Å². The number of benzene rings is 1. The van der Waals surface area contributed by atoms with Crippen molar-refractivity contribution in [3.63, 3.8) is 0 Å². The number of hydrogen-bond donors (Lipinski definition) is 0. The SMILES string of the molecule is CC(Cl)c1nnc(-c2cccc(S(C)(=O)=O)c2)o1. The third-order valence-corrected chi connectivity index (χ3v) is 3.59. The van der Waals surface area contributed by atoms with Gasteiger partial charge in [-0.05, 0) is 25.1 Å². The highest BCUT2D eigenvalue weighted by Crippen LogP contribution is 2.25. The van der Waals surface area contributed by atoms with Crippen molar-refractivity contribution in [2.45, 2.75) is 17.2 Å². The molecule has 1 aromatic carbocycles. The average molecular weight is 287 g/mol. The normalized spacial score (nSPS) is 13.5. The summed E-state index contributed by atoms with van der Waals surface area (Å²) in [5.41, 5.74) is 0.550. The van der Waals surface area contributed by atoms with Gasteiger partial charge in [-0.2, -0.15) is 0 Å². The Morgan fingerprint density at radius 1 is 1.33 bits per heavy atom. The summed E-state index contributed by atoms with van der Waals surface area (Å²) in [6.07, 6.45) is 1.15. The van der Waals surface area contributed by atoms with E-state index in [9.17, 15) is 8.42 Å². The number of nitrogens with zero attached hydrogens (tertiary/aromatic N) is 2. The van der Waals surface area contributed by atoms with Crippen molar-refractivity contribution in [1.82, 2.24) is 10.2 Å². The highest BCUT2D eigenvalue weighted by atomic mass is 35.5. The largest absolute Gasteiger partial charge is 0.419 e. The minimum Gasteiger partial charge on any atom is -0.419 e. The Hall–Kier alpha value is -1.40. The molecule has 1 aromatic heterocycles. The molecule has 0 amide bonds. The molecular weight excluding hydrogens is 276 g/mol. The maximum absolute atomic E-state index is 11.4. The predicted molar refractivity (Wildman–Crippen MR) is 67.1 cm³/mol. The zero-order chi connectivity index (χ0) is 13.3. The van der Waals surface area contributed by atoms with Crippen LogP contribution in [0, 0.1) is 0 Å². The fourth-order valence-electron chi connectivity index (χ4n) is 1.37. The number of alkyl halides is 1. The van der Waals surface area contributed by atoms with Gasteiger partial charge in [-0.3, -0.25) is 0 Å². The molecule has 7 heteroatoms. The van der Waals surface area contributed by atoms with Crippen LogP contribution in [-0.4, -0.2) is 24.9 Å². The summed E-state index contributed by atoms with van der Waals surface area (Å²) in [6.45, 7) is 1.71. The van der Waals surface area contributed by atoms with Crippen LogP contribution in [0.15, 0.2) is 33.6 Å². The van der Waals surface area contributed by atoms with Crippen molar-refractivity contribution >= 4 is 21.4 Å². The van der Waals surface area contributed by atoms with Gasteiger partial charge in [0.1, 0.15) is 5.38 Å². The van der Waals surface area contributed by atoms with Crippen molar-refractivity contribution in [2.24, 2.45) is 0 Å². The van der Waals surface area contributed by atoms with Gasteiger partial charge in [0.25, 0.3) is 0 Å². The number of sulfone groups is 1. The average Bonchev–Trinajstić information content (AvgIpc) is 2.77. The molecule has 0 saturated heterocycles. The zero-order valence-corrected chi connectivity index (χ0v) is 11.4. The topological polar surface area (TPSA) is 73.1 Å². The van der Waals surface area contributed by atoms with E-state index in [2.05, 4.69) is 10.2 Å². The molecule has 0 bridgehead atoms. The molecule has 1 unspecified atom stereocenters. The van der Waals surface area contributed by atoms with Crippen LogP contribution in [0.4, 0.5) is 0 Å². The Labute approximate surface area is 110 Å². The van der Waals surface area contributed by atoms with Crippen molar-refractivity contribution in [2.75, 3.05) is 6.26 Å². The zero-order valence-electron chi connectivity index (χ0n) is 9.79. The highest BCUT2D eigenvalue weighted by Gasteiger charge is 2.14. The summed E-state index contributed by atoms with van der Waals surface area (Å²) in [7, 11) is -3.26. The van der Waals surface area contributed by atoms with Gasteiger partial charge in [0.05, 0.1) is 4.90 Å². The Bertz CT molecular complexity index is 664. The molecule has 1 heterocycles. The minimum absolute atomic E-state index is 0.207. The Morgan fingerprint density at radius 2 is 2.06 bits per heavy atom. The number of rotatable bonds is 3. The van der Waals surface area contributed by atoms with E-state index in [1.54, 1.807) is 19.1 Å². The summed E-state index contributed by atoms with van der Waals surface area (Å²) in [5, 5.41) is 7.24. The Kier molecular flexibility index (Phi) is 3.41. The quantitative estimate of drug-likeness (QED) is 0.810. The predicted octanol–water partition coefficient (Wildman–Crippen LogP) is 2.44. The van der Waals surface area contributed by atoms with Crippen LogP contribution in [0.2, 0.25) is 0 Å². The van der Waals surface area contributed by atoms with Crippen molar-refractivity contribution < 1.29 is 12.8 Å². The van der Waals surface area contributed by atoms with Crippen LogP contribution in [0.1, 0.15) is 18.2 Å². The maximum atomic E-state index is 11.4. The van der Waals surface area contributed by atoms with Gasteiger partial charge in [-0.25, -0.2) is 8.42 Å². The van der Waals surface area contributed by atoms with Gasteiger partial charge in [0.15, 0.2) is 9.84 Å². The van der Waals surface area contributed by atoms with Crippen LogP contribution in [0.5, 0.6) is 0 Å². The molecule has 2 aromatic rings. The number of aromatic nitrogens is 2. The maximum Gasteiger partial charge on any atom is 0.247 e. The standard InChI is InChI=1S/C11H11ClN2O3S/c1-7(12)10-13-14-11(17-10)8-4-3-5-9(6-8)18(2,15)16/h3-7H,1-2H3. The summed E-state index contributed by atoms with van der Waals surface area (Å²) < 4.78 is 28.2. The Balaban J connectivity index is 2.45. The van der Waals surface area contributed by atoms with E-state index in [1.165, 1.54) is 12.1 Å². The van der Waals surface area contributed by atoms with E-state index in [-0.39, 0.29) is 16.2 Å². The molecule has 0 aliphatic heterocycles. The lowest BCUT2D eigenvalue weighted by Crippen LogP contribution is -1.96. The first kappa shape index (κ1) is 13.0. The van der Waals surface area contributed by atoms with Crippen LogP contribution in [-0.2, 0) is 9.84 Å². The van der Waals surface area contributed by atoms with Gasteiger partial charge >= 0.3 is 0 Å². The molecular formula is C11H11ClN2O3S. The van der Waals surface area contributed by atoms with E-state index in [4.69, 9.17) is 16.0 Å². The number of hydrogen-bond acceptors (Lipinski definition) is 5. The molecule has 0 aliphatic rings. The lowest BCUT2D eigenvalue weighted by Gasteiger charge is -2.00. The van der Waals surface area contributed by atoms with Gasteiger partial charge in [-0.1, -0.05) is 6.07 Å². The second-order valence-corrected chi connectivity index (χ2v) is 6.53. The molecule has 0 spiro atoms. The molecule has 0 aliphatic carbocycles. The fraction of sp³-hybridized carbons (Fsp3) is 0.273. The van der Waals surface area contributed by atoms with Gasteiger partial charge in [-0.15, -0.1) is 21.8 Å². The van der Waals surface area contributed by atoms with Crippen LogP contribution >= 0.6 is 11.6 Å². The van der Waals surface area contributed by atoms with Gasteiger partial charge < -0.3 is 4.42 Å². The van der Waals surface area contributed by atoms with Gasteiger partial charge in [0.2, 0.25) is 11.8 Å². The Morgan fingerprint density at radius 3 is 2.61 bits per heavy atom. The summed E-state index contributed by atoms with van der Waals surface area (Å²) >= 11 is 5.82. The second kappa shape index (κ2) is 4.70. The molecule has 0 radical (unpaired) electrons. The second-order valence-electron chi connectivity index (χ2n) is 3.86. The van der Waals surface area contributed by atoms with Crippen molar-refractivity contribution in [3.8, 4) is 11.5 Å². The van der Waals surface area contributed by atoms with Gasteiger partial charge in [0, 0.05) is 11.8 Å². The molecule has 0 saturated carbocycles. The first-order valence-corrected chi connectivity index (χ1v) is 7.48. The number of halogens is 1. The van der Waals surface area contributed by atoms with E-state index in [0.717, 1.165) is 6.26 Å². The van der Waals surface area contributed by atoms with Crippen LogP contribution in [0.25, 0.3) is 11.5 Å². The fourth-order valence-corrected chi connectivity index (χ4v) is 2.13. The lowest BCUT2D eigenvalue weighted by molar-refractivity contribution is 0.507. The first-order valence-electron chi connectivity index (χ1n) is 5.16. The van der Waals surface area contributed by atoms with E-state index >= 15 is 0 Å².